The third-order valence-corrected chi connectivity index (χ3v) is 4.80. The van der Waals surface area contributed by atoms with E-state index in [1.54, 1.807) is 12.1 Å². The summed E-state index contributed by atoms with van der Waals surface area (Å²) >= 11 is 12.0. The van der Waals surface area contributed by atoms with Crippen molar-refractivity contribution in [1.29, 1.82) is 0 Å². The summed E-state index contributed by atoms with van der Waals surface area (Å²) < 4.78 is 5.31. The molecule has 1 heterocycles. The molecule has 2 N–H and O–H groups in total. The number of ether oxygens (including phenoxy) is 1. The highest BCUT2D eigenvalue weighted by atomic mass is 35.5. The molecule has 114 valence electrons. The van der Waals surface area contributed by atoms with Gasteiger partial charge < -0.3 is 15.4 Å². The zero-order valence-electron chi connectivity index (χ0n) is 11.6. The Kier molecular flexibility index (Phi) is 4.14. The number of carbonyl (C=O) groups is 1. The molecule has 1 aromatic carbocycles. The van der Waals surface area contributed by atoms with E-state index in [0.717, 1.165) is 18.4 Å². The minimum Gasteiger partial charge on any atom is -0.379 e. The van der Waals surface area contributed by atoms with Crippen molar-refractivity contribution in [3.05, 3.63) is 33.8 Å². The van der Waals surface area contributed by atoms with E-state index in [9.17, 15) is 4.79 Å². The molecule has 1 saturated heterocycles. The van der Waals surface area contributed by atoms with Gasteiger partial charge in [-0.15, -0.1) is 0 Å². The third-order valence-electron chi connectivity index (χ3n) is 4.06. The molecule has 4 nitrogen and oxygen atoms in total. The van der Waals surface area contributed by atoms with Gasteiger partial charge in [0, 0.05) is 19.2 Å². The second-order valence-electron chi connectivity index (χ2n) is 5.87. The lowest BCUT2D eigenvalue weighted by Gasteiger charge is -2.31. The lowest BCUT2D eigenvalue weighted by atomic mass is 9.97. The smallest absolute Gasteiger partial charge is 0.245 e. The molecule has 1 aromatic rings. The van der Waals surface area contributed by atoms with E-state index in [1.165, 1.54) is 0 Å². The maximum Gasteiger partial charge on any atom is 0.245 e. The first-order valence-corrected chi connectivity index (χ1v) is 7.87. The molecule has 0 radical (unpaired) electrons. The van der Waals surface area contributed by atoms with E-state index in [-0.39, 0.29) is 11.9 Å². The highest BCUT2D eigenvalue weighted by Crippen LogP contribution is 2.32. The Bertz CT molecular complexity index is 555. The summed E-state index contributed by atoms with van der Waals surface area (Å²) in [5.41, 5.74) is 6.30. The second-order valence-corrected chi connectivity index (χ2v) is 6.69. The molecule has 1 unspecified atom stereocenters. The predicted octanol–water partition coefficient (Wildman–Crippen LogP) is 2.60. The maximum atomic E-state index is 12.8. The van der Waals surface area contributed by atoms with Crippen LogP contribution >= 0.6 is 23.2 Å². The number of rotatable bonds is 4. The normalized spacial score (nSPS) is 25.1. The molecule has 1 saturated carbocycles. The quantitative estimate of drug-likeness (QED) is 0.924. The molecule has 3 rings (SSSR count). The number of carbonyl (C=O) groups excluding carboxylic acids is 1. The Morgan fingerprint density at radius 2 is 2.14 bits per heavy atom. The van der Waals surface area contributed by atoms with Crippen LogP contribution in [0.25, 0.3) is 0 Å². The Hall–Kier alpha value is -0.810. The monoisotopic (exact) mass is 328 g/mol. The first kappa shape index (κ1) is 15.1. The van der Waals surface area contributed by atoms with Gasteiger partial charge in [0.2, 0.25) is 5.91 Å². The minimum atomic E-state index is -0.876. The van der Waals surface area contributed by atoms with Crippen molar-refractivity contribution in [2.24, 2.45) is 5.73 Å². The van der Waals surface area contributed by atoms with Crippen molar-refractivity contribution in [3.63, 3.8) is 0 Å². The standard InChI is InChI=1S/C15H18Cl2N2O2/c16-12-4-1-10(7-13(12)17)8-19(11-2-3-11)14(20)15(18)5-6-21-9-15/h1,4,7,11H,2-3,5-6,8-9,18H2. The highest BCUT2D eigenvalue weighted by Gasteiger charge is 2.45. The highest BCUT2D eigenvalue weighted by molar-refractivity contribution is 6.42. The van der Waals surface area contributed by atoms with Crippen molar-refractivity contribution in [3.8, 4) is 0 Å². The molecule has 21 heavy (non-hydrogen) atoms. The van der Waals surface area contributed by atoms with Crippen LogP contribution in [-0.4, -0.2) is 35.6 Å². The lowest BCUT2D eigenvalue weighted by Crippen LogP contribution is -2.56. The van der Waals surface area contributed by atoms with Crippen molar-refractivity contribution < 1.29 is 9.53 Å². The Labute approximate surface area is 134 Å². The zero-order valence-corrected chi connectivity index (χ0v) is 13.2. The molecule has 1 atom stereocenters. The molecule has 1 aliphatic carbocycles. The van der Waals surface area contributed by atoms with Crippen molar-refractivity contribution in [2.45, 2.75) is 37.4 Å². The van der Waals surface area contributed by atoms with E-state index < -0.39 is 5.54 Å². The van der Waals surface area contributed by atoms with E-state index in [0.29, 0.717) is 36.2 Å². The molecule has 6 heteroatoms. The zero-order chi connectivity index (χ0) is 15.0. The van der Waals surface area contributed by atoms with Gasteiger partial charge in [0.15, 0.2) is 0 Å². The predicted molar refractivity (Wildman–Crippen MR) is 82.4 cm³/mol. The average Bonchev–Trinajstić information content (AvgIpc) is 3.21. The Morgan fingerprint density at radius 3 is 2.71 bits per heavy atom. The fourth-order valence-corrected chi connectivity index (χ4v) is 2.94. The minimum absolute atomic E-state index is 0.0198. The summed E-state index contributed by atoms with van der Waals surface area (Å²) in [6, 6.07) is 5.74. The van der Waals surface area contributed by atoms with E-state index >= 15 is 0 Å². The van der Waals surface area contributed by atoms with Crippen LogP contribution in [0.2, 0.25) is 10.0 Å². The fourth-order valence-electron chi connectivity index (χ4n) is 2.62. The molecule has 1 amide bonds. The third kappa shape index (κ3) is 3.19. The molecular formula is C15H18Cl2N2O2. The van der Waals surface area contributed by atoms with Crippen molar-refractivity contribution >= 4 is 29.1 Å². The Morgan fingerprint density at radius 1 is 1.38 bits per heavy atom. The largest absolute Gasteiger partial charge is 0.379 e. The van der Waals surface area contributed by atoms with Gasteiger partial charge in [0.1, 0.15) is 5.54 Å². The van der Waals surface area contributed by atoms with Crippen LogP contribution in [0.5, 0.6) is 0 Å². The summed E-state index contributed by atoms with van der Waals surface area (Å²) in [5, 5.41) is 1.02. The van der Waals surface area contributed by atoms with Gasteiger partial charge in [-0.3, -0.25) is 4.79 Å². The molecule has 0 bridgehead atoms. The number of halogens is 2. The van der Waals surface area contributed by atoms with E-state index in [2.05, 4.69) is 0 Å². The number of nitrogens with two attached hydrogens (primary N) is 1. The number of nitrogens with zero attached hydrogens (tertiary/aromatic N) is 1. The summed E-state index contributed by atoms with van der Waals surface area (Å²) in [4.78, 5) is 14.6. The van der Waals surface area contributed by atoms with Crippen LogP contribution in [-0.2, 0) is 16.1 Å². The number of amides is 1. The van der Waals surface area contributed by atoms with Crippen LogP contribution in [0.4, 0.5) is 0 Å². The first-order valence-electron chi connectivity index (χ1n) is 7.11. The fraction of sp³-hybridized carbons (Fsp3) is 0.533. The van der Waals surface area contributed by atoms with Gasteiger partial charge in [0.05, 0.1) is 16.7 Å². The molecule has 0 spiro atoms. The topological polar surface area (TPSA) is 55.6 Å². The molecule has 0 aromatic heterocycles. The van der Waals surface area contributed by atoms with Gasteiger partial charge in [-0.1, -0.05) is 29.3 Å². The van der Waals surface area contributed by atoms with E-state index in [1.807, 2.05) is 11.0 Å². The second kappa shape index (κ2) is 5.76. The van der Waals surface area contributed by atoms with Gasteiger partial charge in [0.25, 0.3) is 0 Å². The van der Waals surface area contributed by atoms with Gasteiger partial charge in [-0.25, -0.2) is 0 Å². The molecule has 1 aliphatic heterocycles. The summed E-state index contributed by atoms with van der Waals surface area (Å²) in [6.07, 6.45) is 2.64. The SMILES string of the molecule is NC1(C(=O)N(Cc2ccc(Cl)c(Cl)c2)C2CC2)CCOC1. The van der Waals surface area contributed by atoms with Crippen molar-refractivity contribution in [2.75, 3.05) is 13.2 Å². The van der Waals surface area contributed by atoms with E-state index in [4.69, 9.17) is 33.7 Å². The average molecular weight is 329 g/mol. The summed E-state index contributed by atoms with van der Waals surface area (Å²) in [6.45, 7) is 1.36. The summed E-state index contributed by atoms with van der Waals surface area (Å²) in [5.74, 6) is -0.0198. The van der Waals surface area contributed by atoms with Crippen LogP contribution in [0.3, 0.4) is 0 Å². The van der Waals surface area contributed by atoms with Gasteiger partial charge in [-0.2, -0.15) is 0 Å². The van der Waals surface area contributed by atoms with Crippen LogP contribution in [0.1, 0.15) is 24.8 Å². The summed E-state index contributed by atoms with van der Waals surface area (Å²) in [7, 11) is 0. The number of benzene rings is 1. The van der Waals surface area contributed by atoms with Crippen LogP contribution in [0.15, 0.2) is 18.2 Å². The first-order chi connectivity index (χ1) is 9.99. The number of hydrogen-bond donors (Lipinski definition) is 1. The van der Waals surface area contributed by atoms with Crippen molar-refractivity contribution in [1.82, 2.24) is 4.90 Å². The van der Waals surface area contributed by atoms with Gasteiger partial charge >= 0.3 is 0 Å². The molecule has 2 aliphatic rings. The van der Waals surface area contributed by atoms with Crippen LogP contribution < -0.4 is 5.73 Å². The molecular weight excluding hydrogens is 311 g/mol. The maximum absolute atomic E-state index is 12.8. The van der Waals surface area contributed by atoms with Crippen LogP contribution in [0, 0.1) is 0 Å². The lowest BCUT2D eigenvalue weighted by molar-refractivity contribution is -0.138. The number of hydrogen-bond acceptors (Lipinski definition) is 3. The molecule has 2 fully saturated rings. The van der Waals surface area contributed by atoms with Gasteiger partial charge in [-0.05, 0) is 37.0 Å². The Balaban J connectivity index is 1.78.